The number of rotatable bonds is 7. The first-order chi connectivity index (χ1) is 29.4. The number of aromatic nitrogens is 8. The van der Waals surface area contributed by atoms with Gasteiger partial charge >= 0.3 is 0 Å². The summed E-state index contributed by atoms with van der Waals surface area (Å²) >= 11 is 0. The zero-order valence-electron chi connectivity index (χ0n) is 37.3. The number of imidazole rings is 4. The smallest absolute Gasteiger partial charge is 0.138 e. The molecular weight excluding hydrogens is 761 g/mol. The summed E-state index contributed by atoms with van der Waals surface area (Å²) in [5, 5.41) is 0. The van der Waals surface area contributed by atoms with Crippen LogP contribution in [0.2, 0.25) is 0 Å². The fourth-order valence-corrected chi connectivity index (χ4v) is 8.52. The van der Waals surface area contributed by atoms with E-state index in [0.717, 1.165) is 101 Å². The molecule has 0 radical (unpaired) electrons. The molecule has 4 aromatic heterocycles. The second kappa shape index (κ2) is 13.9. The van der Waals surface area contributed by atoms with E-state index in [1.54, 1.807) is 0 Å². The maximum Gasteiger partial charge on any atom is 0.138 e. The topological polar surface area (TPSA) is 115 Å². The Labute approximate surface area is 362 Å². The van der Waals surface area contributed by atoms with Gasteiger partial charge < -0.3 is 19.9 Å². The largest absolute Gasteiger partial charge is 0.342 e. The Balaban J connectivity index is 0.903. The normalized spacial score (nSPS) is 13.0. The minimum Gasteiger partial charge on any atom is -0.342 e. The van der Waals surface area contributed by atoms with Gasteiger partial charge in [-0.3, -0.25) is 0 Å². The summed E-state index contributed by atoms with van der Waals surface area (Å²) in [6.07, 6.45) is 0. The highest BCUT2D eigenvalue weighted by Gasteiger charge is 2.42. The number of hydrogen-bond donors (Lipinski definition) is 4. The summed E-state index contributed by atoms with van der Waals surface area (Å²) in [5.74, 6) is 3.67. The molecule has 0 bridgehead atoms. The van der Waals surface area contributed by atoms with Crippen LogP contribution in [0.4, 0.5) is 0 Å². The molecule has 0 aliphatic heterocycles. The van der Waals surface area contributed by atoms with Crippen molar-refractivity contribution in [3.05, 3.63) is 144 Å². The summed E-state index contributed by atoms with van der Waals surface area (Å²) in [4.78, 5) is 34.5. The molecule has 0 saturated carbocycles. The predicted octanol–water partition coefficient (Wildman–Crippen LogP) is 13.7. The molecule has 8 nitrogen and oxygen atoms in total. The highest BCUT2D eigenvalue weighted by Crippen LogP contribution is 2.44. The first-order valence-corrected chi connectivity index (χ1v) is 21.6. The Hall–Kier alpha value is -6.80. The summed E-state index contributed by atoms with van der Waals surface area (Å²) in [6, 6.07) is 43.3. The molecule has 310 valence electrons. The van der Waals surface area contributed by atoms with Gasteiger partial charge in [0.05, 0.1) is 44.1 Å². The van der Waals surface area contributed by atoms with Crippen molar-refractivity contribution in [2.75, 3.05) is 0 Å². The van der Waals surface area contributed by atoms with Crippen molar-refractivity contribution in [2.24, 2.45) is 0 Å². The van der Waals surface area contributed by atoms with E-state index >= 15 is 0 Å². The molecule has 0 spiro atoms. The van der Waals surface area contributed by atoms with Crippen LogP contribution in [0.25, 0.3) is 89.2 Å². The molecule has 0 atom stereocenters. The first kappa shape index (κ1) is 39.3. The molecule has 0 unspecified atom stereocenters. The lowest BCUT2D eigenvalue weighted by Crippen LogP contribution is -2.41. The lowest BCUT2D eigenvalue weighted by atomic mass is 9.63. The number of nitrogens with zero attached hydrogens (tertiary/aromatic N) is 4. The van der Waals surface area contributed by atoms with Gasteiger partial charge in [-0.2, -0.15) is 0 Å². The zero-order chi connectivity index (χ0) is 43.3. The molecule has 62 heavy (non-hydrogen) atoms. The molecule has 10 rings (SSSR count). The van der Waals surface area contributed by atoms with Crippen molar-refractivity contribution in [3.63, 3.8) is 0 Å². The van der Waals surface area contributed by atoms with Crippen molar-refractivity contribution < 1.29 is 0 Å². The number of H-pyrrole nitrogens is 4. The maximum absolute atomic E-state index is 5.19. The molecule has 0 aliphatic carbocycles. The molecule has 0 saturated heterocycles. The van der Waals surface area contributed by atoms with Gasteiger partial charge in [0.2, 0.25) is 0 Å². The Kier molecular flexibility index (Phi) is 8.80. The Morgan fingerprint density at radius 1 is 0.323 bits per heavy atom. The molecule has 6 aromatic carbocycles. The number of benzene rings is 6. The zero-order valence-corrected chi connectivity index (χ0v) is 37.3. The molecule has 8 heteroatoms. The minimum absolute atomic E-state index is 0.0454. The maximum atomic E-state index is 5.19. The van der Waals surface area contributed by atoms with Gasteiger partial charge in [0.1, 0.15) is 23.3 Å². The van der Waals surface area contributed by atoms with Gasteiger partial charge in [-0.15, -0.1) is 0 Å². The lowest BCUT2D eigenvalue weighted by molar-refractivity contribution is 0.290. The van der Waals surface area contributed by atoms with Crippen LogP contribution in [0.1, 0.15) is 92.0 Å². The van der Waals surface area contributed by atoms with E-state index in [1.165, 1.54) is 11.1 Å². The fourth-order valence-electron chi connectivity index (χ4n) is 8.52. The van der Waals surface area contributed by atoms with Gasteiger partial charge in [0.15, 0.2) is 0 Å². The average molecular weight is 815 g/mol. The summed E-state index contributed by atoms with van der Waals surface area (Å²) in [5.41, 5.74) is 16.5. The van der Waals surface area contributed by atoms with Gasteiger partial charge in [-0.05, 0) is 93.4 Å². The van der Waals surface area contributed by atoms with E-state index in [0.29, 0.717) is 0 Å². The van der Waals surface area contributed by atoms with Gasteiger partial charge in [0, 0.05) is 27.4 Å². The predicted molar refractivity (Wildman–Crippen MR) is 257 cm³/mol. The molecule has 4 heterocycles. The van der Waals surface area contributed by atoms with Gasteiger partial charge in [0.25, 0.3) is 0 Å². The van der Waals surface area contributed by atoms with Crippen LogP contribution in [0.5, 0.6) is 0 Å². The number of aromatic amines is 4. The van der Waals surface area contributed by atoms with E-state index in [9.17, 15) is 0 Å². The van der Waals surface area contributed by atoms with E-state index in [1.807, 2.05) is 0 Å². The van der Waals surface area contributed by atoms with E-state index in [2.05, 4.69) is 211 Å². The van der Waals surface area contributed by atoms with Crippen LogP contribution in [-0.4, -0.2) is 39.9 Å². The van der Waals surface area contributed by atoms with Crippen LogP contribution < -0.4 is 0 Å². The van der Waals surface area contributed by atoms with Crippen molar-refractivity contribution >= 4 is 44.1 Å². The Bertz CT molecular complexity index is 3320. The second-order valence-electron chi connectivity index (χ2n) is 20.2. The molecule has 0 amide bonds. The molecular formula is C54H54N8. The van der Waals surface area contributed by atoms with Crippen molar-refractivity contribution in [1.29, 1.82) is 0 Å². The molecule has 0 fully saturated rings. The van der Waals surface area contributed by atoms with E-state index < -0.39 is 0 Å². The Morgan fingerprint density at radius 3 is 1.23 bits per heavy atom. The lowest BCUT2D eigenvalue weighted by Gasteiger charge is -2.41. The summed E-state index contributed by atoms with van der Waals surface area (Å²) < 4.78 is 0. The Morgan fingerprint density at radius 2 is 0.742 bits per heavy atom. The molecule has 4 N–H and O–H groups in total. The second-order valence-corrected chi connectivity index (χ2v) is 20.2. The quantitative estimate of drug-likeness (QED) is 0.128. The SMILES string of the molecule is CC(C)(C)c1ccc(-c2nc3ccc(-c4ccc5nc(C(C)(C)C(C)(C)c6cccc(-c7nc8ccc(-c9ccc%10nc(C(C)(C)C)[nH]c%10c9)cc8[nH]7)c6)[nH]c5c4)cc3[nH]2)cc1. The van der Waals surface area contributed by atoms with Crippen LogP contribution >= 0.6 is 0 Å². The highest BCUT2D eigenvalue weighted by atomic mass is 15.0. The van der Waals surface area contributed by atoms with Crippen molar-refractivity contribution in [1.82, 2.24) is 39.9 Å². The number of fused-ring (bicyclic) bond motifs is 4. The van der Waals surface area contributed by atoms with Crippen LogP contribution in [0.3, 0.4) is 0 Å². The van der Waals surface area contributed by atoms with Crippen LogP contribution in [-0.2, 0) is 21.7 Å². The van der Waals surface area contributed by atoms with E-state index in [-0.39, 0.29) is 21.7 Å². The summed E-state index contributed by atoms with van der Waals surface area (Å²) in [7, 11) is 0. The van der Waals surface area contributed by atoms with E-state index in [4.69, 9.17) is 19.9 Å². The van der Waals surface area contributed by atoms with Gasteiger partial charge in [-0.25, -0.2) is 19.9 Å². The molecule has 0 aliphatic rings. The third-order valence-electron chi connectivity index (χ3n) is 13.3. The minimum atomic E-state index is -0.354. The first-order valence-electron chi connectivity index (χ1n) is 21.6. The van der Waals surface area contributed by atoms with Crippen LogP contribution in [0, 0.1) is 0 Å². The van der Waals surface area contributed by atoms with Gasteiger partial charge in [-0.1, -0.05) is 136 Å². The van der Waals surface area contributed by atoms with Crippen molar-refractivity contribution in [3.8, 4) is 45.0 Å². The molecule has 10 aromatic rings. The fraction of sp³-hybridized carbons (Fsp3) is 0.259. The standard InChI is InChI=1S/C54H54N8/c1-51(2,3)37-20-14-31(15-21-37)47-55-39-22-16-32(27-43(39)57-47)35-19-25-42-46(30-35)62-50(60-42)54(9,10)53(7,8)38-13-11-12-36(26-38)48-56-40-23-17-33(28-44(40)58-48)34-18-24-41-45(29-34)61-49(59-41)52(4,5)6/h11-30H,1-10H3,(H,55,57)(H,56,58)(H,59,61)(H,60,62). The third-order valence-corrected chi connectivity index (χ3v) is 13.3. The third kappa shape index (κ3) is 6.78. The highest BCUT2D eigenvalue weighted by molar-refractivity contribution is 5.89. The van der Waals surface area contributed by atoms with Crippen LogP contribution in [0.15, 0.2) is 121 Å². The average Bonchev–Trinajstić information content (AvgIpc) is 4.06. The number of nitrogens with one attached hydrogen (secondary N) is 4. The van der Waals surface area contributed by atoms with Crippen molar-refractivity contribution in [2.45, 2.75) is 90.9 Å². The number of hydrogen-bond acceptors (Lipinski definition) is 4. The summed E-state index contributed by atoms with van der Waals surface area (Å²) in [6.45, 7) is 22.4. The monoisotopic (exact) mass is 814 g/mol.